The molecule has 2 heteroatoms. The van der Waals surface area contributed by atoms with Gasteiger partial charge in [0.2, 0.25) is 0 Å². The molecule has 0 aromatic heterocycles. The smallest absolute Gasteiger partial charge is 0.111 e. The Balaban J connectivity index is 1.94. The molecule has 0 saturated heterocycles. The van der Waals surface area contributed by atoms with Crippen LogP contribution in [0, 0.1) is 0 Å². The van der Waals surface area contributed by atoms with E-state index in [1.54, 1.807) is 0 Å². The number of hydrogen-bond donors (Lipinski definition) is 0. The van der Waals surface area contributed by atoms with Gasteiger partial charge in [0.05, 0.1) is 5.38 Å². The number of halogens is 2. The Hall–Kier alpha value is -1.50. The maximum atomic E-state index is 7.05. The third-order valence-electron chi connectivity index (χ3n) is 4.41. The number of rotatable bonds is 1. The normalized spacial score (nSPS) is 24.2. The van der Waals surface area contributed by atoms with Gasteiger partial charge in [-0.25, -0.2) is 0 Å². The molecule has 4 rings (SSSR count). The average molecular weight is 313 g/mol. The van der Waals surface area contributed by atoms with Crippen molar-refractivity contribution >= 4 is 34.0 Å². The first-order chi connectivity index (χ1) is 10.2. The first-order valence-corrected chi connectivity index (χ1v) is 7.91. The number of benzene rings is 3. The van der Waals surface area contributed by atoms with E-state index in [1.807, 2.05) is 24.3 Å². The topological polar surface area (TPSA) is 0 Å². The van der Waals surface area contributed by atoms with Gasteiger partial charge in [-0.3, -0.25) is 0 Å². The lowest BCUT2D eigenvalue weighted by atomic mass is 9.90. The van der Waals surface area contributed by atoms with Crippen LogP contribution in [0.5, 0.6) is 0 Å². The predicted molar refractivity (Wildman–Crippen MR) is 90.4 cm³/mol. The van der Waals surface area contributed by atoms with Gasteiger partial charge in [0.1, 0.15) is 4.87 Å². The maximum Gasteiger partial charge on any atom is 0.111 e. The van der Waals surface area contributed by atoms with Crippen molar-refractivity contribution in [1.29, 1.82) is 0 Å². The summed E-state index contributed by atoms with van der Waals surface area (Å²) < 4.78 is 0. The number of fused-ring (bicyclic) bond motifs is 2. The molecule has 0 spiro atoms. The van der Waals surface area contributed by atoms with E-state index in [0.29, 0.717) is 0 Å². The highest BCUT2D eigenvalue weighted by Gasteiger charge is 2.45. The third-order valence-corrected chi connectivity index (χ3v) is 5.69. The molecule has 104 valence electrons. The molecule has 1 aliphatic carbocycles. The van der Waals surface area contributed by atoms with Gasteiger partial charge in [-0.2, -0.15) is 0 Å². The fourth-order valence-corrected chi connectivity index (χ4v) is 4.10. The summed E-state index contributed by atoms with van der Waals surface area (Å²) in [5, 5.41) is 2.29. The van der Waals surface area contributed by atoms with Crippen molar-refractivity contribution in [1.82, 2.24) is 0 Å². The molecular weight excluding hydrogens is 299 g/mol. The fraction of sp³-hybridized carbons (Fsp3) is 0.158. The van der Waals surface area contributed by atoms with Crippen molar-refractivity contribution < 1.29 is 0 Å². The molecule has 0 nitrogen and oxygen atoms in total. The molecule has 3 aromatic carbocycles. The largest absolute Gasteiger partial charge is 0.120 e. The zero-order valence-electron chi connectivity index (χ0n) is 11.4. The lowest BCUT2D eigenvalue weighted by Gasteiger charge is -2.27. The maximum absolute atomic E-state index is 7.05. The first-order valence-electron chi connectivity index (χ1n) is 7.10. The summed E-state index contributed by atoms with van der Waals surface area (Å²) in [5.74, 6) is 0. The average Bonchev–Trinajstić information content (AvgIpc) is 2.79. The van der Waals surface area contributed by atoms with Crippen LogP contribution in [0.1, 0.15) is 16.7 Å². The molecule has 0 bridgehead atoms. The number of alkyl halides is 2. The van der Waals surface area contributed by atoms with Crippen LogP contribution in [-0.2, 0) is 11.3 Å². The van der Waals surface area contributed by atoms with Crippen LogP contribution in [0.15, 0.2) is 66.7 Å². The Labute approximate surface area is 134 Å². The molecule has 0 heterocycles. The molecule has 0 unspecified atom stereocenters. The van der Waals surface area contributed by atoms with Crippen molar-refractivity contribution in [2.45, 2.75) is 16.7 Å². The molecule has 0 radical (unpaired) electrons. The van der Waals surface area contributed by atoms with Gasteiger partial charge < -0.3 is 0 Å². The van der Waals surface area contributed by atoms with Gasteiger partial charge in [0.15, 0.2) is 0 Å². The van der Waals surface area contributed by atoms with E-state index < -0.39 is 4.87 Å². The summed E-state index contributed by atoms with van der Waals surface area (Å²) >= 11 is 13.7. The zero-order chi connectivity index (χ0) is 14.4. The molecule has 0 saturated carbocycles. The molecule has 0 fully saturated rings. The fourth-order valence-electron chi connectivity index (χ4n) is 3.31. The Morgan fingerprint density at radius 3 is 2.43 bits per heavy atom. The molecule has 0 N–H and O–H groups in total. The highest BCUT2D eigenvalue weighted by Crippen LogP contribution is 2.50. The van der Waals surface area contributed by atoms with Crippen LogP contribution < -0.4 is 0 Å². The SMILES string of the molecule is Cl[C@H]1Cc2ccccc2[C@@]1(Cl)c1ccc2ccccc2c1. The first kappa shape index (κ1) is 13.2. The van der Waals surface area contributed by atoms with Crippen molar-refractivity contribution in [2.75, 3.05) is 0 Å². The quantitative estimate of drug-likeness (QED) is 0.521. The standard InChI is InChI=1S/C19H14Cl2/c20-18-12-15-7-3-4-8-17(15)19(18,21)16-10-9-13-5-1-2-6-14(13)11-16/h1-11,18H,12H2/t18-,19-/m0/s1. The Bertz CT molecular complexity index is 824. The highest BCUT2D eigenvalue weighted by molar-refractivity contribution is 6.35. The van der Waals surface area contributed by atoms with Crippen molar-refractivity contribution in [3.63, 3.8) is 0 Å². The second-order valence-corrected chi connectivity index (χ2v) is 6.73. The van der Waals surface area contributed by atoms with Crippen molar-refractivity contribution in [3.05, 3.63) is 83.4 Å². The van der Waals surface area contributed by atoms with Crippen LogP contribution in [-0.4, -0.2) is 5.38 Å². The van der Waals surface area contributed by atoms with Gasteiger partial charge in [-0.1, -0.05) is 60.7 Å². The van der Waals surface area contributed by atoms with E-state index in [2.05, 4.69) is 42.5 Å². The van der Waals surface area contributed by atoms with Gasteiger partial charge in [-0.05, 0) is 39.9 Å². The Morgan fingerprint density at radius 1 is 0.857 bits per heavy atom. The predicted octanol–water partition coefficient (Wildman–Crippen LogP) is 5.49. The molecule has 3 aromatic rings. The minimum absolute atomic E-state index is 0.127. The minimum atomic E-state index is -0.637. The van der Waals surface area contributed by atoms with Gasteiger partial charge in [-0.15, -0.1) is 23.2 Å². The van der Waals surface area contributed by atoms with E-state index in [1.165, 1.54) is 16.3 Å². The minimum Gasteiger partial charge on any atom is -0.120 e. The second-order valence-electron chi connectivity index (χ2n) is 5.60. The van der Waals surface area contributed by atoms with Crippen LogP contribution in [0.3, 0.4) is 0 Å². The van der Waals surface area contributed by atoms with E-state index in [4.69, 9.17) is 23.2 Å². The summed E-state index contributed by atoms with van der Waals surface area (Å²) in [7, 11) is 0. The number of hydrogen-bond acceptors (Lipinski definition) is 0. The van der Waals surface area contributed by atoms with Crippen LogP contribution in [0.2, 0.25) is 0 Å². The lowest BCUT2D eigenvalue weighted by molar-refractivity contribution is 0.722. The van der Waals surface area contributed by atoms with Gasteiger partial charge in [0.25, 0.3) is 0 Å². The Morgan fingerprint density at radius 2 is 1.57 bits per heavy atom. The van der Waals surface area contributed by atoms with Crippen molar-refractivity contribution in [2.24, 2.45) is 0 Å². The highest BCUT2D eigenvalue weighted by atomic mass is 35.5. The molecule has 0 aliphatic heterocycles. The Kier molecular flexibility index (Phi) is 2.99. The van der Waals surface area contributed by atoms with Gasteiger partial charge >= 0.3 is 0 Å². The zero-order valence-corrected chi connectivity index (χ0v) is 12.9. The monoisotopic (exact) mass is 312 g/mol. The molecular formula is C19H14Cl2. The third kappa shape index (κ3) is 1.90. The van der Waals surface area contributed by atoms with E-state index in [0.717, 1.165) is 17.5 Å². The molecule has 1 aliphatic rings. The van der Waals surface area contributed by atoms with E-state index in [9.17, 15) is 0 Å². The summed E-state index contributed by atoms with van der Waals surface area (Å²) in [6.45, 7) is 0. The van der Waals surface area contributed by atoms with Crippen molar-refractivity contribution in [3.8, 4) is 0 Å². The van der Waals surface area contributed by atoms with E-state index in [-0.39, 0.29) is 5.38 Å². The summed E-state index contributed by atoms with van der Waals surface area (Å²) in [4.78, 5) is -0.637. The summed E-state index contributed by atoms with van der Waals surface area (Å²) in [6.07, 6.45) is 0.814. The van der Waals surface area contributed by atoms with Crippen LogP contribution in [0.25, 0.3) is 10.8 Å². The summed E-state index contributed by atoms with van der Waals surface area (Å²) in [6, 6.07) is 23.0. The van der Waals surface area contributed by atoms with Gasteiger partial charge in [0, 0.05) is 0 Å². The summed E-state index contributed by atoms with van der Waals surface area (Å²) in [5.41, 5.74) is 3.47. The lowest BCUT2D eigenvalue weighted by Crippen LogP contribution is -2.27. The molecule has 0 amide bonds. The molecule has 2 atom stereocenters. The van der Waals surface area contributed by atoms with E-state index >= 15 is 0 Å². The second kappa shape index (κ2) is 4.76. The van der Waals surface area contributed by atoms with Crippen LogP contribution >= 0.6 is 23.2 Å². The molecule has 21 heavy (non-hydrogen) atoms. The van der Waals surface area contributed by atoms with Crippen LogP contribution in [0.4, 0.5) is 0 Å².